The summed E-state index contributed by atoms with van der Waals surface area (Å²) in [4.78, 5) is 24.7. The number of likely N-dealkylation sites (tertiary alicyclic amines) is 1. The number of amidine groups is 1. The molecule has 39 heavy (non-hydrogen) atoms. The molecule has 1 amide bonds. The Balaban J connectivity index is 0.000000272. The van der Waals surface area contributed by atoms with E-state index < -0.39 is 17.4 Å². The first kappa shape index (κ1) is 30.5. The zero-order chi connectivity index (χ0) is 29.0. The van der Waals surface area contributed by atoms with Crippen LogP contribution in [-0.4, -0.2) is 65.2 Å². The maximum absolute atomic E-state index is 13.3. The topological polar surface area (TPSA) is 171 Å². The second-order valence-corrected chi connectivity index (χ2v) is 11.5. The fraction of sp³-hybridized carbons (Fsp3) is 0.455. The Kier molecular flexibility index (Phi) is 9.74. The predicted molar refractivity (Wildman–Crippen MR) is 150 cm³/mol. The monoisotopic (exact) mass is 681 g/mol. The first-order valence-electron chi connectivity index (χ1n) is 11.7. The summed E-state index contributed by atoms with van der Waals surface area (Å²) in [7, 11) is 0. The van der Waals surface area contributed by atoms with Gasteiger partial charge in [-0.05, 0) is 74.2 Å². The first-order valence-corrected chi connectivity index (χ1v) is 15.7. The van der Waals surface area contributed by atoms with E-state index in [9.17, 15) is 18.0 Å². The normalized spacial score (nSPS) is 14.9. The number of carbonyl (C=O) groups is 1. The van der Waals surface area contributed by atoms with Crippen molar-refractivity contribution in [1.82, 2.24) is 29.4 Å². The summed E-state index contributed by atoms with van der Waals surface area (Å²) in [5, 5.41) is 16.1. The number of anilines is 1. The lowest BCUT2D eigenvalue weighted by Crippen LogP contribution is -2.39. The highest BCUT2D eigenvalue weighted by atomic mass is 127. The van der Waals surface area contributed by atoms with Crippen LogP contribution in [0.3, 0.4) is 0 Å². The highest BCUT2D eigenvalue weighted by Gasteiger charge is 2.37. The molecule has 4 heterocycles. The second kappa shape index (κ2) is 12.4. The van der Waals surface area contributed by atoms with E-state index in [1.54, 1.807) is 4.90 Å². The zero-order valence-electron chi connectivity index (χ0n) is 21.3. The van der Waals surface area contributed by atoms with Gasteiger partial charge in [0.2, 0.25) is 5.95 Å². The molecule has 1 aliphatic rings. The van der Waals surface area contributed by atoms with Gasteiger partial charge in [-0.2, -0.15) is 18.3 Å². The number of oxime groups is 1. The molecule has 3 aromatic rings. The minimum Gasteiger partial charge on any atom is -0.444 e. The highest BCUT2D eigenvalue weighted by molar-refractivity contribution is 14.2. The van der Waals surface area contributed by atoms with Gasteiger partial charge in [0.1, 0.15) is 28.2 Å². The lowest BCUT2D eigenvalue weighted by Gasteiger charge is -2.29. The third-order valence-electron chi connectivity index (χ3n) is 5.33. The van der Waals surface area contributed by atoms with Gasteiger partial charge in [-0.3, -0.25) is 0 Å². The van der Waals surface area contributed by atoms with Crippen molar-refractivity contribution in [2.75, 3.05) is 18.8 Å². The van der Waals surface area contributed by atoms with Gasteiger partial charge in [0.05, 0.1) is 6.37 Å². The third-order valence-corrected chi connectivity index (χ3v) is 7.17. The van der Waals surface area contributed by atoms with Crippen LogP contribution in [0.5, 0.6) is 0 Å². The molecule has 1 aliphatic heterocycles. The summed E-state index contributed by atoms with van der Waals surface area (Å²) in [6.07, 6.45) is -0.738. The number of aromatic nitrogens is 5. The Morgan fingerprint density at radius 2 is 1.82 bits per heavy atom. The van der Waals surface area contributed by atoms with E-state index in [0.29, 0.717) is 11.6 Å². The molecule has 0 radical (unpaired) electrons. The molecular formula is C22H28F3IN9O3P. The van der Waals surface area contributed by atoms with Gasteiger partial charge in [-0.1, -0.05) is 5.16 Å². The molecule has 0 spiro atoms. The number of nitrogen functional groups attached to an aromatic ring is 1. The number of amides is 1. The fourth-order valence-corrected chi connectivity index (χ4v) is 5.01. The van der Waals surface area contributed by atoms with E-state index >= 15 is 0 Å². The molecule has 1 fully saturated rings. The summed E-state index contributed by atoms with van der Waals surface area (Å²) in [6, 6.07) is 2.88. The number of fused-ring (bicyclic) bond motifs is 1. The number of hydrogen-bond donors (Lipinski definition) is 3. The van der Waals surface area contributed by atoms with E-state index in [2.05, 4.69) is 25.2 Å². The van der Waals surface area contributed by atoms with Crippen molar-refractivity contribution in [2.45, 2.75) is 51.8 Å². The Morgan fingerprint density at radius 1 is 1.15 bits per heavy atom. The molecule has 1 unspecified atom stereocenters. The number of hydrogen-bond acceptors (Lipinski definition) is 9. The summed E-state index contributed by atoms with van der Waals surface area (Å²) < 4.78 is 46.7. The van der Waals surface area contributed by atoms with Gasteiger partial charge in [0.25, 0.3) is 0 Å². The largest absolute Gasteiger partial charge is 0.444 e. The molecule has 0 bridgehead atoms. The number of ether oxygens (including phenoxy) is 1. The minimum atomic E-state index is -4.69. The second-order valence-electron chi connectivity index (χ2n) is 9.41. The van der Waals surface area contributed by atoms with Crippen LogP contribution >= 0.6 is 28.4 Å². The molecule has 0 saturated carbocycles. The molecule has 212 valence electrons. The molecule has 5 N–H and O–H groups in total. The molecule has 4 rings (SSSR count). The minimum absolute atomic E-state index is 0.0348. The maximum Gasteiger partial charge on any atom is 0.420 e. The Labute approximate surface area is 236 Å². The van der Waals surface area contributed by atoms with Gasteiger partial charge in [0, 0.05) is 24.7 Å². The van der Waals surface area contributed by atoms with Gasteiger partial charge < -0.3 is 26.3 Å². The van der Waals surface area contributed by atoms with E-state index in [4.69, 9.17) is 21.4 Å². The Morgan fingerprint density at radius 3 is 2.38 bits per heavy atom. The Hall–Kier alpha value is -3.01. The standard InChI is InChI=1S/C12H9F3IN8OP.C10H19NO2/c13-12(14,15)5-3-19-11(18)21-8(5)7-4-1-2-6(9(17)23-25)20-10(4)24(22-7)26-16;1-10(2,3)13-9(12)11-7-5-4-6-8-11/h1-3,25-26H,(H2,17,23)(H2,18,19,21);4-8H2,1-3H3. The summed E-state index contributed by atoms with van der Waals surface area (Å²) in [6.45, 7) is 7.41. The zero-order valence-corrected chi connectivity index (χ0v) is 24.5. The van der Waals surface area contributed by atoms with Crippen LogP contribution in [0.25, 0.3) is 22.4 Å². The van der Waals surface area contributed by atoms with Crippen LogP contribution in [0.4, 0.5) is 23.9 Å². The number of rotatable bonds is 3. The number of piperidine rings is 1. The van der Waals surface area contributed by atoms with Crippen molar-refractivity contribution in [2.24, 2.45) is 10.9 Å². The van der Waals surface area contributed by atoms with Gasteiger partial charge >= 0.3 is 12.3 Å². The van der Waals surface area contributed by atoms with Crippen molar-refractivity contribution in [1.29, 1.82) is 0 Å². The van der Waals surface area contributed by atoms with E-state index in [1.165, 1.54) is 23.0 Å². The van der Waals surface area contributed by atoms with Crippen LogP contribution < -0.4 is 11.5 Å². The van der Waals surface area contributed by atoms with Crippen molar-refractivity contribution in [3.05, 3.63) is 29.6 Å². The van der Waals surface area contributed by atoms with E-state index in [0.717, 1.165) is 25.9 Å². The lowest BCUT2D eigenvalue weighted by molar-refractivity contribution is -0.137. The molecule has 1 saturated heterocycles. The number of halogens is 4. The molecule has 1 atom stereocenters. The van der Waals surface area contributed by atoms with E-state index in [1.807, 2.05) is 42.8 Å². The number of nitrogens with zero attached hydrogens (tertiary/aromatic N) is 7. The predicted octanol–water partition coefficient (Wildman–Crippen LogP) is 4.78. The smallest absolute Gasteiger partial charge is 0.420 e. The summed E-state index contributed by atoms with van der Waals surface area (Å²) in [5.74, 6) is -0.547. The van der Waals surface area contributed by atoms with Crippen LogP contribution in [-0.2, 0) is 10.9 Å². The molecule has 0 aromatic carbocycles. The number of nitrogens with two attached hydrogens (primary N) is 2. The van der Waals surface area contributed by atoms with Crippen LogP contribution in [0, 0.1) is 0 Å². The average Bonchev–Trinajstić information content (AvgIpc) is 3.25. The van der Waals surface area contributed by atoms with Crippen LogP contribution in [0.15, 0.2) is 23.5 Å². The Bertz CT molecular complexity index is 1360. The molecule has 3 aromatic heterocycles. The third kappa shape index (κ3) is 7.77. The molecule has 17 heteroatoms. The number of carbonyl (C=O) groups excluding carboxylic acids is 1. The average molecular weight is 681 g/mol. The SMILES string of the molecule is CC(C)(C)OC(=O)N1CCCCC1.N/C(=N\O)c1ccc2c(-c3nc(N)ncc3C(F)(F)F)nn(PI)c2n1. The van der Waals surface area contributed by atoms with Crippen LogP contribution in [0.2, 0.25) is 0 Å². The first-order chi connectivity index (χ1) is 18.2. The van der Waals surface area contributed by atoms with Crippen molar-refractivity contribution in [3.63, 3.8) is 0 Å². The maximum atomic E-state index is 13.3. The van der Waals surface area contributed by atoms with Gasteiger partial charge in [-0.15, -0.1) is 0 Å². The van der Waals surface area contributed by atoms with Gasteiger partial charge in [0.15, 0.2) is 11.5 Å². The van der Waals surface area contributed by atoms with E-state index in [-0.39, 0.29) is 46.9 Å². The van der Waals surface area contributed by atoms with Crippen molar-refractivity contribution < 1.29 is 27.9 Å². The summed E-state index contributed by atoms with van der Waals surface area (Å²) >= 11 is 2.00. The molecule has 0 aliphatic carbocycles. The van der Waals surface area contributed by atoms with Crippen molar-refractivity contribution in [3.8, 4) is 11.4 Å². The lowest BCUT2D eigenvalue weighted by atomic mass is 10.1. The van der Waals surface area contributed by atoms with Crippen LogP contribution in [0.1, 0.15) is 51.3 Å². The number of pyridine rings is 1. The quantitative estimate of drug-likeness (QED) is 0.0879. The fourth-order valence-electron chi connectivity index (χ4n) is 3.61. The molecular weight excluding hydrogens is 653 g/mol. The molecule has 12 nitrogen and oxygen atoms in total. The van der Waals surface area contributed by atoms with Gasteiger partial charge in [-0.25, -0.2) is 24.2 Å². The number of alkyl halides is 3. The summed E-state index contributed by atoms with van der Waals surface area (Å²) in [5.41, 5.74) is 9.50. The van der Waals surface area contributed by atoms with Crippen molar-refractivity contribution >= 4 is 57.3 Å². The highest BCUT2D eigenvalue weighted by Crippen LogP contribution is 2.39.